The summed E-state index contributed by atoms with van der Waals surface area (Å²) >= 11 is 3.43. The van der Waals surface area contributed by atoms with Crippen LogP contribution in [0.1, 0.15) is 24.5 Å². The highest BCUT2D eigenvalue weighted by Crippen LogP contribution is 2.30. The molecular formula is C13H15BrN4O. The van der Waals surface area contributed by atoms with Crippen LogP contribution in [0.2, 0.25) is 0 Å². The van der Waals surface area contributed by atoms with E-state index in [0.717, 1.165) is 34.8 Å². The SMILES string of the molecule is Nc1cccc(OCc2nnc3n2CCCC3)c1Br. The third kappa shape index (κ3) is 2.45. The van der Waals surface area contributed by atoms with E-state index in [1.165, 1.54) is 12.8 Å². The Morgan fingerprint density at radius 1 is 1.32 bits per heavy atom. The zero-order chi connectivity index (χ0) is 13.2. The van der Waals surface area contributed by atoms with E-state index >= 15 is 0 Å². The van der Waals surface area contributed by atoms with E-state index in [1.54, 1.807) is 0 Å². The first-order chi connectivity index (χ1) is 9.25. The molecule has 0 saturated heterocycles. The van der Waals surface area contributed by atoms with Gasteiger partial charge in [-0.15, -0.1) is 10.2 Å². The monoisotopic (exact) mass is 322 g/mol. The number of aryl methyl sites for hydroxylation is 1. The summed E-state index contributed by atoms with van der Waals surface area (Å²) in [6.45, 7) is 1.40. The van der Waals surface area contributed by atoms with Gasteiger partial charge in [0.1, 0.15) is 18.2 Å². The van der Waals surface area contributed by atoms with Gasteiger partial charge in [0.25, 0.3) is 0 Å². The Labute approximate surface area is 119 Å². The molecule has 2 heterocycles. The molecule has 0 spiro atoms. The van der Waals surface area contributed by atoms with Crippen molar-refractivity contribution < 1.29 is 4.74 Å². The highest BCUT2D eigenvalue weighted by molar-refractivity contribution is 9.10. The summed E-state index contributed by atoms with van der Waals surface area (Å²) in [5.74, 6) is 2.67. The zero-order valence-electron chi connectivity index (χ0n) is 10.5. The molecule has 5 nitrogen and oxygen atoms in total. The highest BCUT2D eigenvalue weighted by atomic mass is 79.9. The number of nitrogens with zero attached hydrogens (tertiary/aromatic N) is 3. The number of hydrogen-bond acceptors (Lipinski definition) is 4. The molecule has 2 N–H and O–H groups in total. The van der Waals surface area contributed by atoms with Gasteiger partial charge >= 0.3 is 0 Å². The van der Waals surface area contributed by atoms with Crippen LogP contribution in [0.3, 0.4) is 0 Å². The summed E-state index contributed by atoms with van der Waals surface area (Å²) in [7, 11) is 0. The summed E-state index contributed by atoms with van der Waals surface area (Å²) in [5, 5.41) is 8.41. The number of hydrogen-bond donors (Lipinski definition) is 1. The number of nitrogen functional groups attached to an aromatic ring is 1. The standard InChI is InChI=1S/C13H15BrN4O/c14-13-9(15)4-3-5-10(13)19-8-12-17-16-11-6-1-2-7-18(11)12/h3-5H,1-2,6-8,15H2. The Hall–Kier alpha value is -1.56. The van der Waals surface area contributed by atoms with Crippen LogP contribution in [-0.2, 0) is 19.6 Å². The average molecular weight is 323 g/mol. The molecule has 19 heavy (non-hydrogen) atoms. The number of fused-ring (bicyclic) bond motifs is 1. The molecule has 6 heteroatoms. The van der Waals surface area contributed by atoms with Gasteiger partial charge in [0, 0.05) is 18.7 Å². The summed E-state index contributed by atoms with van der Waals surface area (Å²) in [4.78, 5) is 0. The second kappa shape index (κ2) is 5.21. The second-order valence-corrected chi connectivity index (χ2v) is 5.38. The van der Waals surface area contributed by atoms with Crippen molar-refractivity contribution in [3.8, 4) is 5.75 Å². The van der Waals surface area contributed by atoms with Crippen molar-refractivity contribution in [2.24, 2.45) is 0 Å². The average Bonchev–Trinajstić information content (AvgIpc) is 2.84. The molecule has 0 unspecified atom stereocenters. The molecule has 2 aromatic rings. The maximum atomic E-state index is 5.82. The van der Waals surface area contributed by atoms with Crippen LogP contribution in [0, 0.1) is 0 Å². The molecule has 0 bridgehead atoms. The minimum Gasteiger partial charge on any atom is -0.484 e. The lowest BCUT2D eigenvalue weighted by atomic mass is 10.2. The number of aromatic nitrogens is 3. The summed E-state index contributed by atoms with van der Waals surface area (Å²) in [6, 6.07) is 5.58. The quantitative estimate of drug-likeness (QED) is 0.882. The van der Waals surface area contributed by atoms with E-state index in [0.29, 0.717) is 12.3 Å². The van der Waals surface area contributed by atoms with Crippen molar-refractivity contribution in [2.75, 3.05) is 5.73 Å². The molecule has 1 aromatic heterocycles. The molecule has 1 aliphatic heterocycles. The first-order valence-corrected chi connectivity index (χ1v) is 7.13. The predicted octanol–water partition coefficient (Wildman–Crippen LogP) is 2.54. The van der Waals surface area contributed by atoms with Crippen molar-refractivity contribution in [1.29, 1.82) is 0 Å². The van der Waals surface area contributed by atoms with Gasteiger partial charge in [-0.3, -0.25) is 0 Å². The lowest BCUT2D eigenvalue weighted by Gasteiger charge is -2.15. The normalized spacial score (nSPS) is 14.2. The third-order valence-electron chi connectivity index (χ3n) is 3.29. The second-order valence-electron chi connectivity index (χ2n) is 4.59. The van der Waals surface area contributed by atoms with Crippen LogP contribution < -0.4 is 10.5 Å². The predicted molar refractivity (Wildman–Crippen MR) is 75.8 cm³/mol. The minimum atomic E-state index is 0.412. The zero-order valence-corrected chi connectivity index (χ0v) is 12.1. The van der Waals surface area contributed by atoms with Crippen molar-refractivity contribution in [1.82, 2.24) is 14.8 Å². The van der Waals surface area contributed by atoms with Crippen LogP contribution in [-0.4, -0.2) is 14.8 Å². The lowest BCUT2D eigenvalue weighted by Crippen LogP contribution is -2.14. The van der Waals surface area contributed by atoms with Crippen LogP contribution in [0.4, 0.5) is 5.69 Å². The van der Waals surface area contributed by atoms with E-state index in [-0.39, 0.29) is 0 Å². The Morgan fingerprint density at radius 2 is 2.21 bits per heavy atom. The molecule has 0 fully saturated rings. The topological polar surface area (TPSA) is 66.0 Å². The number of ether oxygens (including phenoxy) is 1. The first kappa shape index (κ1) is 12.5. The van der Waals surface area contributed by atoms with Crippen LogP contribution in [0.15, 0.2) is 22.7 Å². The third-order valence-corrected chi connectivity index (χ3v) is 4.13. The minimum absolute atomic E-state index is 0.412. The fourth-order valence-corrected chi connectivity index (χ4v) is 2.64. The van der Waals surface area contributed by atoms with Gasteiger partial charge in [-0.1, -0.05) is 6.07 Å². The smallest absolute Gasteiger partial charge is 0.171 e. The lowest BCUT2D eigenvalue weighted by molar-refractivity contribution is 0.284. The van der Waals surface area contributed by atoms with Crippen LogP contribution in [0.25, 0.3) is 0 Å². The Kier molecular flexibility index (Phi) is 3.42. The van der Waals surface area contributed by atoms with Gasteiger partial charge in [0.15, 0.2) is 5.82 Å². The maximum absolute atomic E-state index is 5.82. The van der Waals surface area contributed by atoms with E-state index in [1.807, 2.05) is 18.2 Å². The van der Waals surface area contributed by atoms with E-state index in [2.05, 4.69) is 30.7 Å². The van der Waals surface area contributed by atoms with Crippen molar-refractivity contribution in [2.45, 2.75) is 32.4 Å². The first-order valence-electron chi connectivity index (χ1n) is 6.33. The van der Waals surface area contributed by atoms with Crippen molar-refractivity contribution in [3.63, 3.8) is 0 Å². The fraction of sp³-hybridized carbons (Fsp3) is 0.385. The summed E-state index contributed by atoms with van der Waals surface area (Å²) in [6.07, 6.45) is 3.38. The van der Waals surface area contributed by atoms with Gasteiger partial charge in [0.2, 0.25) is 0 Å². The number of halogens is 1. The molecule has 100 valence electrons. The molecular weight excluding hydrogens is 308 g/mol. The van der Waals surface area contributed by atoms with Crippen LogP contribution >= 0.6 is 15.9 Å². The fourth-order valence-electron chi connectivity index (χ4n) is 2.26. The molecule has 3 rings (SSSR count). The molecule has 0 aliphatic carbocycles. The van der Waals surface area contributed by atoms with Crippen LogP contribution in [0.5, 0.6) is 5.75 Å². The highest BCUT2D eigenvalue weighted by Gasteiger charge is 2.16. The maximum Gasteiger partial charge on any atom is 0.171 e. The molecule has 1 aromatic carbocycles. The Morgan fingerprint density at radius 3 is 3.11 bits per heavy atom. The van der Waals surface area contributed by atoms with Gasteiger partial charge in [0.05, 0.1) is 4.47 Å². The number of nitrogens with two attached hydrogens (primary N) is 1. The largest absolute Gasteiger partial charge is 0.484 e. The van der Waals surface area contributed by atoms with E-state index < -0.39 is 0 Å². The molecule has 0 atom stereocenters. The molecule has 1 aliphatic rings. The van der Waals surface area contributed by atoms with Gasteiger partial charge in [-0.25, -0.2) is 0 Å². The van der Waals surface area contributed by atoms with Crippen molar-refractivity contribution in [3.05, 3.63) is 34.3 Å². The molecule has 0 amide bonds. The molecule has 0 radical (unpaired) electrons. The van der Waals surface area contributed by atoms with Gasteiger partial charge in [-0.05, 0) is 40.9 Å². The Balaban J connectivity index is 1.76. The number of rotatable bonds is 3. The Bertz CT molecular complexity index is 596. The summed E-state index contributed by atoms with van der Waals surface area (Å²) in [5.41, 5.74) is 6.49. The van der Waals surface area contributed by atoms with E-state index in [4.69, 9.17) is 10.5 Å². The van der Waals surface area contributed by atoms with Gasteiger partial charge in [-0.2, -0.15) is 0 Å². The van der Waals surface area contributed by atoms with E-state index in [9.17, 15) is 0 Å². The summed E-state index contributed by atoms with van der Waals surface area (Å²) < 4.78 is 8.72. The number of benzene rings is 1. The number of anilines is 1. The van der Waals surface area contributed by atoms with Crippen molar-refractivity contribution >= 4 is 21.6 Å². The molecule has 0 saturated carbocycles. The van der Waals surface area contributed by atoms with Gasteiger partial charge < -0.3 is 15.0 Å².